The lowest BCUT2D eigenvalue weighted by atomic mass is 10.0. The van der Waals surface area contributed by atoms with Crippen molar-refractivity contribution in [3.63, 3.8) is 0 Å². The van der Waals surface area contributed by atoms with Crippen molar-refractivity contribution in [2.75, 3.05) is 4.72 Å². The van der Waals surface area contributed by atoms with Crippen molar-refractivity contribution in [1.29, 1.82) is 0 Å². The standard InChI is InChI=1S/C27H25N5O2S/c1-5-25-24(27(31-17-30-25)22-12-13-28-19(3)14-22)11-8-21-15-26(20(4)29-16-21)32-35(33,34)23-9-6-18(2)7-10-23/h6-7,9-10,12-17,32H,5H2,1-4H3. The van der Waals surface area contributed by atoms with Gasteiger partial charge in [0.05, 0.1) is 33.2 Å². The average molecular weight is 484 g/mol. The smallest absolute Gasteiger partial charge is 0.261 e. The molecule has 0 radical (unpaired) electrons. The van der Waals surface area contributed by atoms with Crippen LogP contribution in [0.4, 0.5) is 5.69 Å². The van der Waals surface area contributed by atoms with E-state index >= 15 is 0 Å². The highest BCUT2D eigenvalue weighted by Crippen LogP contribution is 2.24. The largest absolute Gasteiger partial charge is 0.278 e. The van der Waals surface area contributed by atoms with Crippen LogP contribution >= 0.6 is 0 Å². The van der Waals surface area contributed by atoms with Crippen molar-refractivity contribution in [1.82, 2.24) is 19.9 Å². The van der Waals surface area contributed by atoms with Gasteiger partial charge in [-0.05, 0) is 57.5 Å². The fourth-order valence-corrected chi connectivity index (χ4v) is 4.60. The van der Waals surface area contributed by atoms with Gasteiger partial charge in [0.25, 0.3) is 10.0 Å². The molecule has 0 saturated carbocycles. The number of aromatic nitrogens is 4. The third-order valence-corrected chi connectivity index (χ3v) is 6.81. The Bertz CT molecular complexity index is 1550. The zero-order valence-electron chi connectivity index (χ0n) is 20.0. The Morgan fingerprint density at radius 3 is 2.40 bits per heavy atom. The van der Waals surface area contributed by atoms with Crippen LogP contribution in [0.5, 0.6) is 0 Å². The number of hydrogen-bond acceptors (Lipinski definition) is 6. The molecule has 0 atom stereocenters. The van der Waals surface area contributed by atoms with E-state index in [0.29, 0.717) is 23.4 Å². The van der Waals surface area contributed by atoms with Gasteiger partial charge >= 0.3 is 0 Å². The van der Waals surface area contributed by atoms with Gasteiger partial charge < -0.3 is 0 Å². The Morgan fingerprint density at radius 1 is 0.914 bits per heavy atom. The molecule has 35 heavy (non-hydrogen) atoms. The molecule has 1 N–H and O–H groups in total. The van der Waals surface area contributed by atoms with Crippen LogP contribution in [0.2, 0.25) is 0 Å². The minimum atomic E-state index is -3.76. The zero-order valence-corrected chi connectivity index (χ0v) is 20.8. The van der Waals surface area contributed by atoms with Gasteiger partial charge in [0, 0.05) is 29.2 Å². The first-order chi connectivity index (χ1) is 16.8. The SMILES string of the molecule is CCc1ncnc(-c2ccnc(C)c2)c1C#Cc1cnc(C)c(NS(=O)(=O)c2ccc(C)cc2)c1. The number of nitrogens with one attached hydrogen (secondary N) is 1. The van der Waals surface area contributed by atoms with E-state index in [4.69, 9.17) is 0 Å². The van der Waals surface area contributed by atoms with Crippen LogP contribution in [0.15, 0.2) is 66.1 Å². The highest BCUT2D eigenvalue weighted by atomic mass is 32.2. The maximum absolute atomic E-state index is 12.9. The van der Waals surface area contributed by atoms with E-state index in [1.807, 2.05) is 32.9 Å². The minimum Gasteiger partial charge on any atom is -0.278 e. The molecule has 4 aromatic rings. The molecule has 4 rings (SSSR count). The van der Waals surface area contributed by atoms with Gasteiger partial charge in [-0.1, -0.05) is 36.5 Å². The van der Waals surface area contributed by atoms with E-state index in [1.165, 1.54) is 0 Å². The lowest BCUT2D eigenvalue weighted by Crippen LogP contribution is -2.14. The van der Waals surface area contributed by atoms with E-state index in [1.54, 1.807) is 56.0 Å². The Labute approximate surface area is 205 Å². The first kappa shape index (κ1) is 24.0. The van der Waals surface area contributed by atoms with Gasteiger partial charge in [-0.2, -0.15) is 0 Å². The fourth-order valence-electron chi connectivity index (χ4n) is 3.49. The summed E-state index contributed by atoms with van der Waals surface area (Å²) in [5.74, 6) is 6.32. The summed E-state index contributed by atoms with van der Waals surface area (Å²) in [6.07, 6.45) is 5.60. The number of pyridine rings is 2. The van der Waals surface area contributed by atoms with Gasteiger partial charge in [-0.3, -0.25) is 14.7 Å². The summed E-state index contributed by atoms with van der Waals surface area (Å²) in [6.45, 7) is 7.59. The first-order valence-electron chi connectivity index (χ1n) is 11.1. The third-order valence-electron chi connectivity index (χ3n) is 5.43. The van der Waals surface area contributed by atoms with E-state index in [-0.39, 0.29) is 4.90 Å². The second-order valence-electron chi connectivity index (χ2n) is 8.11. The maximum atomic E-state index is 12.9. The summed E-state index contributed by atoms with van der Waals surface area (Å²) in [5.41, 5.74) is 6.56. The van der Waals surface area contributed by atoms with Gasteiger partial charge in [0.2, 0.25) is 0 Å². The van der Waals surface area contributed by atoms with E-state index in [2.05, 4.69) is 36.5 Å². The first-order valence-corrected chi connectivity index (χ1v) is 12.6. The van der Waals surface area contributed by atoms with Crippen molar-refractivity contribution >= 4 is 15.7 Å². The normalized spacial score (nSPS) is 11.0. The highest BCUT2D eigenvalue weighted by Gasteiger charge is 2.16. The van der Waals surface area contributed by atoms with Crippen LogP contribution in [0, 0.1) is 32.6 Å². The molecular formula is C27H25N5O2S. The zero-order chi connectivity index (χ0) is 25.0. The molecule has 0 aliphatic carbocycles. The third kappa shape index (κ3) is 5.53. The summed E-state index contributed by atoms with van der Waals surface area (Å²) in [5, 5.41) is 0. The number of hydrogen-bond donors (Lipinski definition) is 1. The van der Waals surface area contributed by atoms with Gasteiger partial charge in [0.1, 0.15) is 6.33 Å². The van der Waals surface area contributed by atoms with Gasteiger partial charge in [-0.25, -0.2) is 18.4 Å². The number of sulfonamides is 1. The summed E-state index contributed by atoms with van der Waals surface area (Å²) >= 11 is 0. The summed E-state index contributed by atoms with van der Waals surface area (Å²) in [6, 6.07) is 12.2. The molecule has 0 spiro atoms. The lowest BCUT2D eigenvalue weighted by molar-refractivity contribution is 0.601. The predicted molar refractivity (Wildman–Crippen MR) is 136 cm³/mol. The second kappa shape index (κ2) is 10.0. The molecular weight excluding hydrogens is 458 g/mol. The maximum Gasteiger partial charge on any atom is 0.261 e. The molecule has 0 bridgehead atoms. The molecule has 1 aromatic carbocycles. The van der Waals surface area contributed by atoms with Crippen molar-refractivity contribution in [3.8, 4) is 23.1 Å². The predicted octanol–water partition coefficient (Wildman–Crippen LogP) is 4.62. The number of anilines is 1. The number of aryl methyl sites for hydroxylation is 4. The Kier molecular flexibility index (Phi) is 6.90. The molecule has 0 unspecified atom stereocenters. The van der Waals surface area contributed by atoms with Gasteiger partial charge in [-0.15, -0.1) is 0 Å². The molecule has 0 saturated heterocycles. The molecule has 3 heterocycles. The molecule has 3 aromatic heterocycles. The number of benzene rings is 1. The monoisotopic (exact) mass is 483 g/mol. The second-order valence-corrected chi connectivity index (χ2v) is 9.79. The average Bonchev–Trinajstić information content (AvgIpc) is 2.84. The minimum absolute atomic E-state index is 0.185. The lowest BCUT2D eigenvalue weighted by Gasteiger charge is -2.11. The summed E-state index contributed by atoms with van der Waals surface area (Å²) < 4.78 is 28.4. The Morgan fingerprint density at radius 2 is 1.69 bits per heavy atom. The van der Waals surface area contributed by atoms with E-state index < -0.39 is 10.0 Å². The molecule has 0 aliphatic heterocycles. The molecule has 0 amide bonds. The van der Waals surface area contributed by atoms with Crippen molar-refractivity contribution in [2.24, 2.45) is 0 Å². The summed E-state index contributed by atoms with van der Waals surface area (Å²) in [4.78, 5) is 17.7. The molecule has 0 aliphatic rings. The van der Waals surface area contributed by atoms with E-state index in [9.17, 15) is 8.42 Å². The van der Waals surface area contributed by atoms with Crippen LogP contribution in [0.1, 0.15) is 40.7 Å². The fraction of sp³-hybridized carbons (Fsp3) is 0.185. The Balaban J connectivity index is 1.71. The molecule has 7 nitrogen and oxygen atoms in total. The van der Waals surface area contributed by atoms with Crippen LogP contribution in [-0.4, -0.2) is 28.4 Å². The highest BCUT2D eigenvalue weighted by molar-refractivity contribution is 7.92. The molecule has 176 valence electrons. The molecule has 0 fully saturated rings. The van der Waals surface area contributed by atoms with Crippen molar-refractivity contribution in [3.05, 3.63) is 95.0 Å². The van der Waals surface area contributed by atoms with Crippen LogP contribution in [-0.2, 0) is 16.4 Å². The number of nitrogens with zero attached hydrogens (tertiary/aromatic N) is 4. The Hall–Kier alpha value is -4.09. The molecule has 8 heteroatoms. The van der Waals surface area contributed by atoms with Crippen molar-refractivity contribution < 1.29 is 8.42 Å². The van der Waals surface area contributed by atoms with Crippen LogP contribution in [0.25, 0.3) is 11.3 Å². The van der Waals surface area contributed by atoms with E-state index in [0.717, 1.165) is 33.8 Å². The van der Waals surface area contributed by atoms with Crippen molar-refractivity contribution in [2.45, 2.75) is 39.0 Å². The van der Waals surface area contributed by atoms with Gasteiger partial charge in [0.15, 0.2) is 0 Å². The van der Waals surface area contributed by atoms with Crippen LogP contribution < -0.4 is 4.72 Å². The number of rotatable bonds is 5. The van der Waals surface area contributed by atoms with Crippen LogP contribution in [0.3, 0.4) is 0 Å². The topological polar surface area (TPSA) is 97.7 Å². The summed E-state index contributed by atoms with van der Waals surface area (Å²) in [7, 11) is -3.76. The quantitative estimate of drug-likeness (QED) is 0.416.